The van der Waals surface area contributed by atoms with Gasteiger partial charge in [0.05, 0.1) is 12.2 Å². The van der Waals surface area contributed by atoms with Crippen molar-refractivity contribution in [3.63, 3.8) is 0 Å². The second kappa shape index (κ2) is 6.64. The predicted molar refractivity (Wildman–Crippen MR) is 88.9 cm³/mol. The Morgan fingerprint density at radius 3 is 2.91 bits per heavy atom. The fourth-order valence-electron chi connectivity index (χ4n) is 1.99. The van der Waals surface area contributed by atoms with Crippen LogP contribution in [-0.2, 0) is 17.4 Å². The van der Waals surface area contributed by atoms with Crippen LogP contribution in [0.15, 0.2) is 22.9 Å². The minimum Gasteiger partial charge on any atom is -0.384 e. The van der Waals surface area contributed by atoms with Crippen LogP contribution < -0.4 is 5.32 Å². The molecule has 5 nitrogen and oxygen atoms in total. The van der Waals surface area contributed by atoms with E-state index in [9.17, 15) is 9.90 Å². The second-order valence-corrected chi connectivity index (χ2v) is 6.39. The highest BCUT2D eigenvalue weighted by Gasteiger charge is 2.23. The van der Waals surface area contributed by atoms with Crippen LogP contribution in [0, 0.1) is 6.92 Å². The lowest BCUT2D eigenvalue weighted by atomic mass is 9.99. The number of aliphatic hydroxyl groups is 1. The van der Waals surface area contributed by atoms with Gasteiger partial charge in [-0.25, -0.2) is 0 Å². The molecule has 118 valence electrons. The molecule has 2 rings (SSSR count). The zero-order valence-corrected chi connectivity index (χ0v) is 14.2. The number of nitrogens with one attached hydrogen (secondary N) is 1. The molecule has 0 aliphatic heterocycles. The Labute approximate surface area is 138 Å². The van der Waals surface area contributed by atoms with Gasteiger partial charge in [0.1, 0.15) is 10.8 Å². The average molecular weight is 340 g/mol. The van der Waals surface area contributed by atoms with E-state index >= 15 is 0 Å². The van der Waals surface area contributed by atoms with E-state index in [0.29, 0.717) is 10.7 Å². The highest BCUT2D eigenvalue weighted by Crippen LogP contribution is 2.22. The van der Waals surface area contributed by atoms with Gasteiger partial charge in [0.25, 0.3) is 0 Å². The van der Waals surface area contributed by atoms with Crippen LogP contribution in [0.5, 0.6) is 0 Å². The van der Waals surface area contributed by atoms with Crippen LogP contribution in [-0.4, -0.2) is 27.3 Å². The number of carbonyl (C=O) groups excluding carboxylic acids is 1. The van der Waals surface area contributed by atoms with Crippen molar-refractivity contribution in [2.24, 2.45) is 7.05 Å². The maximum absolute atomic E-state index is 11.9. The first kappa shape index (κ1) is 16.7. The molecule has 1 atom stereocenters. The van der Waals surface area contributed by atoms with E-state index in [1.54, 1.807) is 24.7 Å². The summed E-state index contributed by atoms with van der Waals surface area (Å²) in [6.07, 6.45) is 3.01. The van der Waals surface area contributed by atoms with Gasteiger partial charge < -0.3 is 10.4 Å². The first-order chi connectivity index (χ1) is 10.3. The standard InChI is InChI=1S/C15H18ClN3O2S/c1-10-12(14(16)19(3)18-10)4-5-13(20)17-9-15(2,21)11-6-7-22-8-11/h4-8,21H,9H2,1-3H3,(H,17,20)/b5-4+. The van der Waals surface area contributed by atoms with Gasteiger partial charge in [0, 0.05) is 18.7 Å². The van der Waals surface area contributed by atoms with Gasteiger partial charge in [-0.3, -0.25) is 9.48 Å². The minimum atomic E-state index is -1.09. The molecule has 2 heterocycles. The van der Waals surface area contributed by atoms with Crippen molar-refractivity contribution < 1.29 is 9.90 Å². The van der Waals surface area contributed by atoms with Crippen molar-refractivity contribution >= 4 is 34.9 Å². The number of hydrogen-bond acceptors (Lipinski definition) is 4. The Balaban J connectivity index is 1.97. The predicted octanol–water partition coefficient (Wildman–Crippen LogP) is 2.48. The summed E-state index contributed by atoms with van der Waals surface area (Å²) in [6.45, 7) is 3.62. The van der Waals surface area contributed by atoms with Crippen molar-refractivity contribution in [1.29, 1.82) is 0 Å². The monoisotopic (exact) mass is 339 g/mol. The Bertz CT molecular complexity index is 690. The number of amides is 1. The molecule has 0 bridgehead atoms. The topological polar surface area (TPSA) is 67.2 Å². The molecular formula is C15H18ClN3O2S. The molecule has 0 aliphatic carbocycles. The summed E-state index contributed by atoms with van der Waals surface area (Å²) in [5.41, 5.74) is 1.16. The third-order valence-electron chi connectivity index (χ3n) is 3.35. The lowest BCUT2D eigenvalue weighted by molar-refractivity contribution is -0.117. The summed E-state index contributed by atoms with van der Waals surface area (Å²) in [5, 5.41) is 21.4. The maximum Gasteiger partial charge on any atom is 0.244 e. The number of nitrogens with zero attached hydrogens (tertiary/aromatic N) is 2. The van der Waals surface area contributed by atoms with Gasteiger partial charge in [0.15, 0.2) is 0 Å². The molecule has 2 N–H and O–H groups in total. The smallest absolute Gasteiger partial charge is 0.244 e. The van der Waals surface area contributed by atoms with E-state index in [4.69, 9.17) is 11.6 Å². The van der Waals surface area contributed by atoms with Crippen LogP contribution in [0.3, 0.4) is 0 Å². The van der Waals surface area contributed by atoms with Crippen LogP contribution in [0.4, 0.5) is 0 Å². The molecule has 0 radical (unpaired) electrons. The molecule has 1 amide bonds. The molecular weight excluding hydrogens is 322 g/mol. The molecule has 0 spiro atoms. The molecule has 2 aromatic heterocycles. The van der Waals surface area contributed by atoms with Gasteiger partial charge in [-0.1, -0.05) is 11.6 Å². The molecule has 0 aromatic carbocycles. The van der Waals surface area contributed by atoms with Crippen molar-refractivity contribution in [2.45, 2.75) is 19.4 Å². The SMILES string of the molecule is Cc1nn(C)c(Cl)c1/C=C/C(=O)NCC(C)(O)c1ccsc1. The Morgan fingerprint density at radius 2 is 2.36 bits per heavy atom. The van der Waals surface area contributed by atoms with E-state index in [1.807, 2.05) is 23.8 Å². The third-order valence-corrected chi connectivity index (χ3v) is 4.48. The molecule has 0 aliphatic rings. The van der Waals surface area contributed by atoms with Gasteiger partial charge in [-0.05, 0) is 42.3 Å². The van der Waals surface area contributed by atoms with E-state index in [1.165, 1.54) is 17.4 Å². The lowest BCUT2D eigenvalue weighted by Crippen LogP contribution is -2.37. The number of rotatable bonds is 5. The Hall–Kier alpha value is -1.63. The van der Waals surface area contributed by atoms with Gasteiger partial charge in [-0.15, -0.1) is 0 Å². The highest BCUT2D eigenvalue weighted by molar-refractivity contribution is 7.08. The van der Waals surface area contributed by atoms with E-state index in [2.05, 4.69) is 10.4 Å². The fraction of sp³-hybridized carbons (Fsp3) is 0.333. The van der Waals surface area contributed by atoms with Crippen molar-refractivity contribution in [3.8, 4) is 0 Å². The number of hydrogen-bond donors (Lipinski definition) is 2. The van der Waals surface area contributed by atoms with Crippen LogP contribution in [0.1, 0.15) is 23.7 Å². The minimum absolute atomic E-state index is 0.132. The van der Waals surface area contributed by atoms with Crippen LogP contribution >= 0.6 is 22.9 Å². The van der Waals surface area contributed by atoms with Gasteiger partial charge in [-0.2, -0.15) is 16.4 Å². The number of aromatic nitrogens is 2. The quantitative estimate of drug-likeness (QED) is 0.822. The van der Waals surface area contributed by atoms with E-state index in [0.717, 1.165) is 11.3 Å². The van der Waals surface area contributed by atoms with Crippen molar-refractivity contribution in [1.82, 2.24) is 15.1 Å². The maximum atomic E-state index is 11.9. The second-order valence-electron chi connectivity index (χ2n) is 5.25. The zero-order valence-electron chi connectivity index (χ0n) is 12.6. The molecule has 22 heavy (non-hydrogen) atoms. The van der Waals surface area contributed by atoms with Crippen molar-refractivity contribution in [3.05, 3.63) is 44.9 Å². The fourth-order valence-corrected chi connectivity index (χ4v) is 3.01. The van der Waals surface area contributed by atoms with Crippen molar-refractivity contribution in [2.75, 3.05) is 6.54 Å². The van der Waals surface area contributed by atoms with Gasteiger partial charge in [0.2, 0.25) is 5.91 Å². The summed E-state index contributed by atoms with van der Waals surface area (Å²) in [7, 11) is 1.74. The Kier molecular flexibility index (Phi) is 5.05. The summed E-state index contributed by atoms with van der Waals surface area (Å²) < 4.78 is 1.55. The summed E-state index contributed by atoms with van der Waals surface area (Å²) in [6, 6.07) is 1.84. The first-order valence-corrected chi connectivity index (χ1v) is 8.03. The van der Waals surface area contributed by atoms with Crippen LogP contribution in [0.25, 0.3) is 6.08 Å². The molecule has 1 unspecified atom stereocenters. The summed E-state index contributed by atoms with van der Waals surface area (Å²) in [5.74, 6) is -0.296. The van der Waals surface area contributed by atoms with E-state index < -0.39 is 5.60 Å². The largest absolute Gasteiger partial charge is 0.384 e. The summed E-state index contributed by atoms with van der Waals surface area (Å²) >= 11 is 7.60. The first-order valence-electron chi connectivity index (χ1n) is 6.71. The third kappa shape index (κ3) is 3.76. The molecule has 0 saturated carbocycles. The number of thiophene rings is 1. The molecule has 0 fully saturated rings. The number of carbonyl (C=O) groups is 1. The molecule has 7 heteroatoms. The molecule has 2 aromatic rings. The van der Waals surface area contributed by atoms with Crippen LogP contribution in [0.2, 0.25) is 5.15 Å². The average Bonchev–Trinajstić information content (AvgIpc) is 3.06. The lowest BCUT2D eigenvalue weighted by Gasteiger charge is -2.22. The number of aryl methyl sites for hydroxylation is 2. The normalized spacial score (nSPS) is 14.2. The zero-order chi connectivity index (χ0) is 16.3. The Morgan fingerprint density at radius 1 is 1.64 bits per heavy atom. The van der Waals surface area contributed by atoms with Gasteiger partial charge >= 0.3 is 0 Å². The molecule has 0 saturated heterocycles. The number of halogens is 1. The highest BCUT2D eigenvalue weighted by atomic mass is 35.5. The van der Waals surface area contributed by atoms with E-state index in [-0.39, 0.29) is 12.5 Å². The summed E-state index contributed by atoms with van der Waals surface area (Å²) in [4.78, 5) is 11.9.